The number of nitrogens with one attached hydrogen (secondary N) is 2. The molecule has 90 valence electrons. The second-order valence-electron chi connectivity index (χ2n) is 4.29. The van der Waals surface area contributed by atoms with Crippen molar-refractivity contribution in [1.29, 1.82) is 0 Å². The monoisotopic (exact) mass is 236 g/mol. The first kappa shape index (κ1) is 14.7. The fraction of sp³-hybridized carbons (Fsp3) is 0.900. The topological polar surface area (TPSA) is 50.4 Å². The molecule has 0 bridgehead atoms. The lowest BCUT2D eigenvalue weighted by Crippen LogP contribution is -2.53. The molecule has 1 atom stereocenters. The first-order chi connectivity index (χ1) is 6.55. The number of hydrogen-bond acceptors (Lipinski definition) is 3. The summed E-state index contributed by atoms with van der Waals surface area (Å²) >= 11 is 0. The number of morpholine rings is 1. The SMILES string of the molecule is CCC(C)(C)NC(=O)[C@H]1CNCCO1.Cl. The number of halogens is 1. The maximum atomic E-state index is 11.7. The molecule has 0 aromatic rings. The van der Waals surface area contributed by atoms with Gasteiger partial charge in [0.05, 0.1) is 6.61 Å². The molecule has 1 rings (SSSR count). The van der Waals surface area contributed by atoms with E-state index >= 15 is 0 Å². The largest absolute Gasteiger partial charge is 0.366 e. The molecule has 1 aliphatic rings. The normalized spacial score (nSPS) is 21.7. The fourth-order valence-electron chi connectivity index (χ4n) is 1.24. The van der Waals surface area contributed by atoms with Crippen LogP contribution in [0.4, 0.5) is 0 Å². The summed E-state index contributed by atoms with van der Waals surface area (Å²) in [7, 11) is 0. The van der Waals surface area contributed by atoms with Crippen LogP contribution >= 0.6 is 12.4 Å². The molecule has 4 nitrogen and oxygen atoms in total. The molecule has 1 heterocycles. The van der Waals surface area contributed by atoms with Crippen LogP contribution in [0, 0.1) is 0 Å². The molecule has 0 saturated carbocycles. The van der Waals surface area contributed by atoms with E-state index in [0.29, 0.717) is 13.2 Å². The Labute approximate surface area is 97.5 Å². The summed E-state index contributed by atoms with van der Waals surface area (Å²) in [5, 5.41) is 6.11. The smallest absolute Gasteiger partial charge is 0.250 e. The summed E-state index contributed by atoms with van der Waals surface area (Å²) in [6, 6.07) is 0. The maximum Gasteiger partial charge on any atom is 0.250 e. The molecule has 1 fully saturated rings. The van der Waals surface area contributed by atoms with E-state index in [0.717, 1.165) is 13.0 Å². The molecule has 0 unspecified atom stereocenters. The van der Waals surface area contributed by atoms with Gasteiger partial charge in [-0.1, -0.05) is 6.92 Å². The molecule has 1 saturated heterocycles. The summed E-state index contributed by atoms with van der Waals surface area (Å²) in [6.07, 6.45) is 0.591. The number of amides is 1. The highest BCUT2D eigenvalue weighted by Gasteiger charge is 2.26. The van der Waals surface area contributed by atoms with Gasteiger partial charge in [-0.2, -0.15) is 0 Å². The minimum absolute atomic E-state index is 0. The second kappa shape index (κ2) is 6.30. The van der Waals surface area contributed by atoms with E-state index in [1.54, 1.807) is 0 Å². The zero-order valence-corrected chi connectivity index (χ0v) is 10.4. The molecular weight excluding hydrogens is 216 g/mol. The van der Waals surface area contributed by atoms with Crippen LogP contribution in [0.25, 0.3) is 0 Å². The average molecular weight is 237 g/mol. The molecule has 0 aromatic heterocycles. The standard InChI is InChI=1S/C10H20N2O2.ClH/c1-4-10(2,3)12-9(13)8-7-11-5-6-14-8;/h8,11H,4-7H2,1-3H3,(H,12,13);1H/t8-;/m1./s1. The Hall–Kier alpha value is -0.320. The molecule has 1 amide bonds. The van der Waals surface area contributed by atoms with Crippen molar-refractivity contribution in [1.82, 2.24) is 10.6 Å². The predicted octanol–water partition coefficient (Wildman–Crippen LogP) is 0.701. The quantitative estimate of drug-likeness (QED) is 0.759. The van der Waals surface area contributed by atoms with Gasteiger partial charge in [-0.05, 0) is 20.3 Å². The van der Waals surface area contributed by atoms with E-state index in [1.807, 2.05) is 13.8 Å². The summed E-state index contributed by atoms with van der Waals surface area (Å²) in [5.74, 6) is -0.0101. The third kappa shape index (κ3) is 4.82. The van der Waals surface area contributed by atoms with Crippen LogP contribution in [0.5, 0.6) is 0 Å². The van der Waals surface area contributed by atoms with Gasteiger partial charge in [0.1, 0.15) is 6.10 Å². The van der Waals surface area contributed by atoms with Crippen molar-refractivity contribution in [3.8, 4) is 0 Å². The van der Waals surface area contributed by atoms with Gasteiger partial charge >= 0.3 is 0 Å². The highest BCUT2D eigenvalue weighted by atomic mass is 35.5. The summed E-state index contributed by atoms with van der Waals surface area (Å²) < 4.78 is 5.36. The van der Waals surface area contributed by atoms with Gasteiger partial charge in [0.25, 0.3) is 5.91 Å². The lowest BCUT2D eigenvalue weighted by molar-refractivity contribution is -0.135. The van der Waals surface area contributed by atoms with Gasteiger partial charge in [0, 0.05) is 18.6 Å². The lowest BCUT2D eigenvalue weighted by atomic mass is 10.0. The molecular formula is C10H21ClN2O2. The highest BCUT2D eigenvalue weighted by molar-refractivity contribution is 5.85. The first-order valence-electron chi connectivity index (χ1n) is 5.19. The van der Waals surface area contributed by atoms with E-state index in [9.17, 15) is 4.79 Å². The van der Waals surface area contributed by atoms with E-state index < -0.39 is 0 Å². The second-order valence-corrected chi connectivity index (χ2v) is 4.29. The molecule has 15 heavy (non-hydrogen) atoms. The summed E-state index contributed by atoms with van der Waals surface area (Å²) in [6.45, 7) is 8.15. The van der Waals surface area contributed by atoms with Crippen molar-refractivity contribution >= 4 is 18.3 Å². The van der Waals surface area contributed by atoms with E-state index in [4.69, 9.17) is 4.74 Å². The van der Waals surface area contributed by atoms with E-state index in [2.05, 4.69) is 17.6 Å². The Balaban J connectivity index is 0.00000196. The average Bonchev–Trinajstić information content (AvgIpc) is 2.19. The maximum absolute atomic E-state index is 11.7. The fourth-order valence-corrected chi connectivity index (χ4v) is 1.24. The van der Waals surface area contributed by atoms with Crippen molar-refractivity contribution in [2.24, 2.45) is 0 Å². The van der Waals surface area contributed by atoms with Crippen molar-refractivity contribution in [3.63, 3.8) is 0 Å². The number of ether oxygens (including phenoxy) is 1. The Kier molecular flexibility index (Phi) is 6.17. The lowest BCUT2D eigenvalue weighted by Gasteiger charge is -2.29. The van der Waals surface area contributed by atoms with Crippen LogP contribution in [0.1, 0.15) is 27.2 Å². The highest BCUT2D eigenvalue weighted by Crippen LogP contribution is 2.08. The Morgan fingerprint density at radius 2 is 2.27 bits per heavy atom. The number of carbonyl (C=O) groups excluding carboxylic acids is 1. The molecule has 0 spiro atoms. The van der Waals surface area contributed by atoms with Gasteiger partial charge in [-0.25, -0.2) is 0 Å². The Morgan fingerprint density at radius 3 is 2.73 bits per heavy atom. The van der Waals surface area contributed by atoms with Crippen LogP contribution in [0.2, 0.25) is 0 Å². The van der Waals surface area contributed by atoms with Gasteiger partial charge in [-0.15, -0.1) is 12.4 Å². The number of rotatable bonds is 3. The van der Waals surface area contributed by atoms with Gasteiger partial charge in [0.2, 0.25) is 0 Å². The molecule has 0 aliphatic carbocycles. The zero-order chi connectivity index (χ0) is 10.6. The van der Waals surface area contributed by atoms with Crippen molar-refractivity contribution < 1.29 is 9.53 Å². The van der Waals surface area contributed by atoms with Crippen LogP contribution in [-0.2, 0) is 9.53 Å². The third-order valence-electron chi connectivity index (χ3n) is 2.57. The first-order valence-corrected chi connectivity index (χ1v) is 5.19. The number of carbonyl (C=O) groups is 1. The molecule has 2 N–H and O–H groups in total. The molecule has 1 aliphatic heterocycles. The predicted molar refractivity (Wildman–Crippen MR) is 62.4 cm³/mol. The summed E-state index contributed by atoms with van der Waals surface area (Å²) in [5.41, 5.74) is -0.141. The van der Waals surface area contributed by atoms with Crippen molar-refractivity contribution in [2.45, 2.75) is 38.8 Å². The van der Waals surface area contributed by atoms with E-state index in [1.165, 1.54) is 0 Å². The van der Waals surface area contributed by atoms with E-state index in [-0.39, 0.29) is 30.0 Å². The van der Waals surface area contributed by atoms with Crippen molar-refractivity contribution in [2.75, 3.05) is 19.7 Å². The third-order valence-corrected chi connectivity index (χ3v) is 2.57. The van der Waals surface area contributed by atoms with Crippen LogP contribution in [0.3, 0.4) is 0 Å². The molecule has 5 heteroatoms. The van der Waals surface area contributed by atoms with Crippen LogP contribution < -0.4 is 10.6 Å². The minimum atomic E-state index is -0.324. The van der Waals surface area contributed by atoms with Crippen LogP contribution in [-0.4, -0.2) is 37.2 Å². The van der Waals surface area contributed by atoms with Crippen molar-refractivity contribution in [3.05, 3.63) is 0 Å². The summed E-state index contributed by atoms with van der Waals surface area (Å²) in [4.78, 5) is 11.7. The van der Waals surface area contributed by atoms with Gasteiger partial charge < -0.3 is 15.4 Å². The van der Waals surface area contributed by atoms with Gasteiger partial charge in [-0.3, -0.25) is 4.79 Å². The van der Waals surface area contributed by atoms with Crippen LogP contribution in [0.15, 0.2) is 0 Å². The number of hydrogen-bond donors (Lipinski definition) is 2. The minimum Gasteiger partial charge on any atom is -0.366 e. The van der Waals surface area contributed by atoms with Gasteiger partial charge in [0.15, 0.2) is 0 Å². The Bertz CT molecular complexity index is 204. The zero-order valence-electron chi connectivity index (χ0n) is 9.63. The molecule has 0 radical (unpaired) electrons. The Morgan fingerprint density at radius 1 is 1.60 bits per heavy atom. The molecule has 0 aromatic carbocycles.